The molecule has 1 aliphatic rings. The van der Waals surface area contributed by atoms with Crippen molar-refractivity contribution in [2.75, 3.05) is 18.6 Å². The third-order valence-corrected chi connectivity index (χ3v) is 5.84. The van der Waals surface area contributed by atoms with E-state index in [4.69, 9.17) is 9.47 Å². The second kappa shape index (κ2) is 10.1. The number of hydrogen-bond donors (Lipinski definition) is 1. The number of aliphatic hydroxyl groups is 1. The molecule has 1 aliphatic heterocycles. The predicted octanol–water partition coefficient (Wildman–Crippen LogP) is 5.66. The van der Waals surface area contributed by atoms with Crippen LogP contribution in [0, 0.1) is 12.8 Å². The second-order valence-electron chi connectivity index (χ2n) is 9.01. The van der Waals surface area contributed by atoms with Gasteiger partial charge in [0.15, 0.2) is 0 Å². The van der Waals surface area contributed by atoms with Gasteiger partial charge in [0.05, 0.1) is 25.3 Å². The number of aliphatic hydroxyl groups excluding tert-OH is 1. The lowest BCUT2D eigenvalue weighted by Crippen LogP contribution is -2.29. The molecule has 35 heavy (non-hydrogen) atoms. The van der Waals surface area contributed by atoms with Crippen molar-refractivity contribution in [2.24, 2.45) is 5.92 Å². The van der Waals surface area contributed by atoms with Crippen LogP contribution in [0.1, 0.15) is 36.6 Å². The third-order valence-electron chi connectivity index (χ3n) is 5.84. The molecule has 0 aromatic heterocycles. The molecule has 0 aliphatic carbocycles. The predicted molar refractivity (Wildman–Crippen MR) is 136 cm³/mol. The third kappa shape index (κ3) is 4.92. The number of nitrogens with zero attached hydrogens (tertiary/aromatic N) is 1. The Morgan fingerprint density at radius 2 is 1.69 bits per heavy atom. The number of anilines is 1. The Labute approximate surface area is 205 Å². The lowest BCUT2D eigenvalue weighted by atomic mass is 9.95. The summed E-state index contributed by atoms with van der Waals surface area (Å²) in [5.41, 5.74) is 2.65. The highest BCUT2D eigenvalue weighted by Gasteiger charge is 2.47. The average molecular weight is 472 g/mol. The molecule has 3 aromatic carbocycles. The molecule has 1 unspecified atom stereocenters. The van der Waals surface area contributed by atoms with E-state index in [1.54, 1.807) is 37.4 Å². The normalized spacial score (nSPS) is 17.2. The van der Waals surface area contributed by atoms with Crippen molar-refractivity contribution in [1.82, 2.24) is 0 Å². The molecular formula is C29H29NO5. The molecular weight excluding hydrogens is 442 g/mol. The van der Waals surface area contributed by atoms with E-state index in [1.165, 1.54) is 4.90 Å². The van der Waals surface area contributed by atoms with Crippen molar-refractivity contribution >= 4 is 23.1 Å². The summed E-state index contributed by atoms with van der Waals surface area (Å²) in [6.45, 7) is 6.58. The van der Waals surface area contributed by atoms with Crippen LogP contribution in [0.15, 0.2) is 78.4 Å². The highest BCUT2D eigenvalue weighted by molar-refractivity contribution is 6.51. The van der Waals surface area contributed by atoms with Gasteiger partial charge in [-0.3, -0.25) is 14.5 Å². The Morgan fingerprint density at radius 3 is 2.34 bits per heavy atom. The maximum Gasteiger partial charge on any atom is 0.300 e. The molecule has 3 aromatic rings. The van der Waals surface area contributed by atoms with Crippen LogP contribution in [0.2, 0.25) is 0 Å². The zero-order chi connectivity index (χ0) is 25.1. The number of amides is 1. The number of ether oxygens (including phenoxy) is 2. The van der Waals surface area contributed by atoms with Crippen LogP contribution in [-0.2, 0) is 9.59 Å². The molecule has 0 bridgehead atoms. The molecule has 1 atom stereocenters. The average Bonchev–Trinajstić information content (AvgIpc) is 3.13. The number of carbonyl (C=O) groups excluding carboxylic acids is 2. The van der Waals surface area contributed by atoms with E-state index < -0.39 is 17.7 Å². The van der Waals surface area contributed by atoms with E-state index in [0.717, 1.165) is 5.56 Å². The van der Waals surface area contributed by atoms with Gasteiger partial charge in [0.1, 0.15) is 17.3 Å². The largest absolute Gasteiger partial charge is 0.507 e. The van der Waals surface area contributed by atoms with Gasteiger partial charge in [-0.2, -0.15) is 0 Å². The van der Waals surface area contributed by atoms with Crippen LogP contribution in [0.25, 0.3) is 5.76 Å². The van der Waals surface area contributed by atoms with Gasteiger partial charge in [-0.15, -0.1) is 0 Å². The van der Waals surface area contributed by atoms with Gasteiger partial charge in [0.25, 0.3) is 11.7 Å². The first-order chi connectivity index (χ1) is 16.8. The first-order valence-corrected chi connectivity index (χ1v) is 11.5. The Hall–Kier alpha value is -4.06. The molecule has 6 heteroatoms. The monoisotopic (exact) mass is 471 g/mol. The molecule has 6 nitrogen and oxygen atoms in total. The molecule has 1 fully saturated rings. The summed E-state index contributed by atoms with van der Waals surface area (Å²) >= 11 is 0. The van der Waals surface area contributed by atoms with Crippen molar-refractivity contribution in [2.45, 2.75) is 26.8 Å². The van der Waals surface area contributed by atoms with Crippen LogP contribution in [0.3, 0.4) is 0 Å². The lowest BCUT2D eigenvalue weighted by molar-refractivity contribution is -0.132. The van der Waals surface area contributed by atoms with E-state index in [1.807, 2.05) is 49.4 Å². The van der Waals surface area contributed by atoms with Gasteiger partial charge >= 0.3 is 0 Å². The minimum atomic E-state index is -0.818. The van der Waals surface area contributed by atoms with Crippen LogP contribution >= 0.6 is 0 Å². The Balaban J connectivity index is 1.88. The summed E-state index contributed by atoms with van der Waals surface area (Å²) in [5.74, 6) is -0.0717. The summed E-state index contributed by atoms with van der Waals surface area (Å²) < 4.78 is 11.1. The molecule has 1 saturated heterocycles. The maximum absolute atomic E-state index is 13.3. The van der Waals surface area contributed by atoms with E-state index in [0.29, 0.717) is 40.8 Å². The first-order valence-electron chi connectivity index (χ1n) is 11.5. The Kier molecular flexibility index (Phi) is 6.92. The fraction of sp³-hybridized carbons (Fsp3) is 0.241. The number of hydrogen-bond acceptors (Lipinski definition) is 5. The summed E-state index contributed by atoms with van der Waals surface area (Å²) in [6, 6.07) is 20.6. The fourth-order valence-corrected chi connectivity index (χ4v) is 4.13. The zero-order valence-corrected chi connectivity index (χ0v) is 20.3. The van der Waals surface area contributed by atoms with Crippen molar-refractivity contribution < 1.29 is 24.2 Å². The smallest absolute Gasteiger partial charge is 0.300 e. The second-order valence-corrected chi connectivity index (χ2v) is 9.01. The molecule has 0 radical (unpaired) electrons. The number of aryl methyl sites for hydroxylation is 1. The number of benzene rings is 3. The minimum Gasteiger partial charge on any atom is -0.507 e. The van der Waals surface area contributed by atoms with Crippen molar-refractivity contribution in [3.8, 4) is 11.5 Å². The molecule has 0 spiro atoms. The minimum absolute atomic E-state index is 0.0303. The first kappa shape index (κ1) is 24.1. The quantitative estimate of drug-likeness (QED) is 0.273. The lowest BCUT2D eigenvalue weighted by Gasteiger charge is -2.26. The Bertz CT molecular complexity index is 1280. The van der Waals surface area contributed by atoms with Crippen molar-refractivity contribution in [3.05, 3.63) is 95.1 Å². The maximum atomic E-state index is 13.3. The van der Waals surface area contributed by atoms with E-state index >= 15 is 0 Å². The van der Waals surface area contributed by atoms with E-state index in [-0.39, 0.29) is 11.3 Å². The number of methoxy groups -OCH3 is 1. The van der Waals surface area contributed by atoms with Crippen LogP contribution < -0.4 is 14.4 Å². The standard InChI is InChI=1S/C29H29NO5/c1-18(2)17-35-24-10-6-8-21(16-24)26-25(27(31)20-11-13-23(34-4)14-12-20)28(32)29(33)30(26)22-9-5-7-19(3)15-22/h5-16,18,26,31H,17H2,1-4H3/b27-25+. The topological polar surface area (TPSA) is 76.1 Å². The molecule has 180 valence electrons. The highest BCUT2D eigenvalue weighted by atomic mass is 16.5. The fourth-order valence-electron chi connectivity index (χ4n) is 4.13. The molecule has 4 rings (SSSR count). The summed E-state index contributed by atoms with van der Waals surface area (Å²) in [5, 5.41) is 11.3. The number of ketones is 1. The highest BCUT2D eigenvalue weighted by Crippen LogP contribution is 2.43. The van der Waals surface area contributed by atoms with Gasteiger partial charge in [-0.1, -0.05) is 38.1 Å². The van der Waals surface area contributed by atoms with Gasteiger partial charge in [0.2, 0.25) is 0 Å². The van der Waals surface area contributed by atoms with Crippen molar-refractivity contribution in [1.29, 1.82) is 0 Å². The Morgan fingerprint density at radius 1 is 0.971 bits per heavy atom. The van der Waals surface area contributed by atoms with Crippen LogP contribution in [0.4, 0.5) is 5.69 Å². The van der Waals surface area contributed by atoms with Crippen LogP contribution in [0.5, 0.6) is 11.5 Å². The van der Waals surface area contributed by atoms with Gasteiger partial charge in [-0.05, 0) is 72.5 Å². The number of carbonyl (C=O) groups is 2. The summed E-state index contributed by atoms with van der Waals surface area (Å²) in [7, 11) is 1.55. The number of Topliss-reactive ketones (excluding diaryl/α,β-unsaturated/α-hetero) is 1. The van der Waals surface area contributed by atoms with Gasteiger partial charge in [0, 0.05) is 11.3 Å². The van der Waals surface area contributed by atoms with Gasteiger partial charge < -0.3 is 14.6 Å². The SMILES string of the molecule is COc1ccc(/C(O)=C2\C(=O)C(=O)N(c3cccc(C)c3)C2c2cccc(OCC(C)C)c2)cc1. The molecule has 1 heterocycles. The molecule has 0 saturated carbocycles. The van der Waals surface area contributed by atoms with Crippen molar-refractivity contribution in [3.63, 3.8) is 0 Å². The van der Waals surface area contributed by atoms with Crippen LogP contribution in [-0.4, -0.2) is 30.5 Å². The zero-order valence-electron chi connectivity index (χ0n) is 20.3. The van der Waals surface area contributed by atoms with E-state index in [2.05, 4.69) is 13.8 Å². The number of rotatable bonds is 7. The van der Waals surface area contributed by atoms with E-state index in [9.17, 15) is 14.7 Å². The summed E-state index contributed by atoms with van der Waals surface area (Å²) in [6.07, 6.45) is 0. The molecule has 1 N–H and O–H groups in total. The summed E-state index contributed by atoms with van der Waals surface area (Å²) in [4.78, 5) is 28.1. The van der Waals surface area contributed by atoms with Gasteiger partial charge in [-0.25, -0.2) is 0 Å². The molecule has 1 amide bonds.